The van der Waals surface area contributed by atoms with E-state index in [0.717, 1.165) is 25.8 Å². The number of piperidine rings is 1. The highest BCUT2D eigenvalue weighted by atomic mass is 16.2. The number of likely N-dealkylation sites (tertiary alicyclic amines) is 1. The fraction of sp³-hybridized carbons (Fsp3) is 0.857. The zero-order chi connectivity index (χ0) is 12.5. The van der Waals surface area contributed by atoms with Crippen molar-refractivity contribution in [3.63, 3.8) is 0 Å². The van der Waals surface area contributed by atoms with Gasteiger partial charge in [0.25, 0.3) is 0 Å². The van der Waals surface area contributed by atoms with E-state index in [4.69, 9.17) is 0 Å². The molecule has 0 aliphatic carbocycles. The van der Waals surface area contributed by atoms with Gasteiger partial charge in [-0.1, -0.05) is 39.0 Å². The fourth-order valence-electron chi connectivity index (χ4n) is 2.27. The molecule has 0 aromatic carbocycles. The van der Waals surface area contributed by atoms with Gasteiger partial charge in [0.05, 0.1) is 6.54 Å². The molecule has 98 valence electrons. The Labute approximate surface area is 105 Å². The molecule has 0 bridgehead atoms. The molecule has 1 amide bonds. The minimum Gasteiger partial charge on any atom is -0.335 e. The van der Waals surface area contributed by atoms with Gasteiger partial charge in [-0.05, 0) is 12.8 Å². The van der Waals surface area contributed by atoms with Crippen LogP contribution < -0.4 is 0 Å². The highest BCUT2D eigenvalue weighted by Gasteiger charge is 2.20. The van der Waals surface area contributed by atoms with E-state index in [0.29, 0.717) is 19.4 Å². The maximum Gasteiger partial charge on any atom is 0.222 e. The molecule has 1 saturated heterocycles. The normalized spacial score (nSPS) is 16.3. The van der Waals surface area contributed by atoms with E-state index in [1.807, 2.05) is 0 Å². The molecule has 3 nitrogen and oxygen atoms in total. The summed E-state index contributed by atoms with van der Waals surface area (Å²) >= 11 is 0. The number of unbranched alkanes of at least 4 members (excludes halogenated alkanes) is 5. The summed E-state index contributed by atoms with van der Waals surface area (Å²) in [6, 6.07) is 0. The van der Waals surface area contributed by atoms with E-state index in [1.165, 1.54) is 25.7 Å². The molecule has 1 aliphatic heterocycles. The molecular weight excluding hydrogens is 214 g/mol. The van der Waals surface area contributed by atoms with Crippen LogP contribution in [0.2, 0.25) is 0 Å². The smallest absolute Gasteiger partial charge is 0.222 e. The zero-order valence-corrected chi connectivity index (χ0v) is 11.0. The first-order valence-corrected chi connectivity index (χ1v) is 7.03. The molecule has 1 aliphatic rings. The third kappa shape index (κ3) is 5.85. The highest BCUT2D eigenvalue weighted by Crippen LogP contribution is 2.11. The third-order valence-corrected chi connectivity index (χ3v) is 3.35. The number of ketones is 1. The first kappa shape index (κ1) is 14.2. The molecular formula is C14H25NO2. The summed E-state index contributed by atoms with van der Waals surface area (Å²) in [5.74, 6) is 0.390. The number of hydrogen-bond acceptors (Lipinski definition) is 2. The van der Waals surface area contributed by atoms with Gasteiger partial charge in [-0.15, -0.1) is 0 Å². The molecule has 0 spiro atoms. The van der Waals surface area contributed by atoms with Crippen LogP contribution in [0.1, 0.15) is 64.7 Å². The Kier molecular flexibility index (Phi) is 6.90. The summed E-state index contributed by atoms with van der Waals surface area (Å²) in [7, 11) is 0. The summed E-state index contributed by atoms with van der Waals surface area (Å²) in [6.45, 7) is 3.34. The summed E-state index contributed by atoms with van der Waals surface area (Å²) in [4.78, 5) is 24.8. The summed E-state index contributed by atoms with van der Waals surface area (Å²) in [6.07, 6.45) is 9.33. The first-order chi connectivity index (χ1) is 8.24. The number of hydrogen-bond donors (Lipinski definition) is 0. The van der Waals surface area contributed by atoms with Crippen LogP contribution in [0.3, 0.4) is 0 Å². The van der Waals surface area contributed by atoms with Crippen molar-refractivity contribution in [1.82, 2.24) is 4.90 Å². The van der Waals surface area contributed by atoms with Gasteiger partial charge in [0.15, 0.2) is 5.78 Å². The second-order valence-corrected chi connectivity index (χ2v) is 4.98. The van der Waals surface area contributed by atoms with Crippen LogP contribution in [-0.4, -0.2) is 29.7 Å². The van der Waals surface area contributed by atoms with Crippen LogP contribution in [0, 0.1) is 0 Å². The minimum absolute atomic E-state index is 0.175. The van der Waals surface area contributed by atoms with E-state index in [9.17, 15) is 9.59 Å². The fourth-order valence-corrected chi connectivity index (χ4v) is 2.27. The zero-order valence-electron chi connectivity index (χ0n) is 11.0. The largest absolute Gasteiger partial charge is 0.335 e. The monoisotopic (exact) mass is 239 g/mol. The Morgan fingerprint density at radius 2 is 1.88 bits per heavy atom. The predicted molar refractivity (Wildman–Crippen MR) is 68.8 cm³/mol. The number of rotatable bonds is 7. The standard InChI is InChI=1S/C14H25NO2/c1-2-3-4-5-6-7-10-14(17)15-11-8-9-13(16)12-15/h2-12H2,1H3. The minimum atomic E-state index is 0.175. The number of carbonyl (C=O) groups excluding carboxylic acids is 2. The lowest BCUT2D eigenvalue weighted by molar-refractivity contribution is -0.137. The molecule has 1 rings (SSSR count). The van der Waals surface area contributed by atoms with Crippen molar-refractivity contribution < 1.29 is 9.59 Å². The maximum absolute atomic E-state index is 11.8. The number of carbonyl (C=O) groups is 2. The molecule has 0 atom stereocenters. The van der Waals surface area contributed by atoms with Crippen molar-refractivity contribution in [1.29, 1.82) is 0 Å². The van der Waals surface area contributed by atoms with Crippen molar-refractivity contribution in [2.75, 3.05) is 13.1 Å². The van der Waals surface area contributed by atoms with Crippen molar-refractivity contribution in [2.45, 2.75) is 64.7 Å². The number of amides is 1. The van der Waals surface area contributed by atoms with Crippen LogP contribution in [-0.2, 0) is 9.59 Å². The summed E-state index contributed by atoms with van der Waals surface area (Å²) in [5.41, 5.74) is 0. The summed E-state index contributed by atoms with van der Waals surface area (Å²) < 4.78 is 0. The molecule has 0 N–H and O–H groups in total. The molecule has 1 fully saturated rings. The lowest BCUT2D eigenvalue weighted by Crippen LogP contribution is -2.39. The van der Waals surface area contributed by atoms with Crippen molar-refractivity contribution in [3.05, 3.63) is 0 Å². The van der Waals surface area contributed by atoms with Crippen LogP contribution >= 0.6 is 0 Å². The molecule has 0 saturated carbocycles. The average molecular weight is 239 g/mol. The van der Waals surface area contributed by atoms with Gasteiger partial charge in [-0.3, -0.25) is 9.59 Å². The first-order valence-electron chi connectivity index (χ1n) is 7.03. The van der Waals surface area contributed by atoms with Gasteiger partial charge in [0.1, 0.15) is 0 Å². The van der Waals surface area contributed by atoms with E-state index in [2.05, 4.69) is 6.92 Å². The number of Topliss-reactive ketones (excluding diaryl/α,β-unsaturated/α-hetero) is 1. The number of nitrogens with zero attached hydrogens (tertiary/aromatic N) is 1. The van der Waals surface area contributed by atoms with Gasteiger partial charge < -0.3 is 4.90 Å². The van der Waals surface area contributed by atoms with Gasteiger partial charge >= 0.3 is 0 Å². The lowest BCUT2D eigenvalue weighted by Gasteiger charge is -2.25. The van der Waals surface area contributed by atoms with Crippen LogP contribution in [0.15, 0.2) is 0 Å². The Morgan fingerprint density at radius 1 is 1.18 bits per heavy atom. The van der Waals surface area contributed by atoms with Crippen molar-refractivity contribution >= 4 is 11.7 Å². The highest BCUT2D eigenvalue weighted by molar-refractivity contribution is 5.87. The Hall–Kier alpha value is -0.860. The quantitative estimate of drug-likeness (QED) is 0.641. The van der Waals surface area contributed by atoms with Crippen molar-refractivity contribution in [3.8, 4) is 0 Å². The molecule has 1 heterocycles. The van der Waals surface area contributed by atoms with E-state index < -0.39 is 0 Å². The second kappa shape index (κ2) is 8.26. The van der Waals surface area contributed by atoms with Gasteiger partial charge in [0, 0.05) is 19.4 Å². The third-order valence-electron chi connectivity index (χ3n) is 3.35. The van der Waals surface area contributed by atoms with Gasteiger partial charge in [-0.2, -0.15) is 0 Å². The van der Waals surface area contributed by atoms with Gasteiger partial charge in [-0.25, -0.2) is 0 Å². The molecule has 3 heteroatoms. The van der Waals surface area contributed by atoms with Crippen LogP contribution in [0.25, 0.3) is 0 Å². The maximum atomic E-state index is 11.8. The molecule has 0 radical (unpaired) electrons. The summed E-state index contributed by atoms with van der Waals surface area (Å²) in [5, 5.41) is 0. The topological polar surface area (TPSA) is 37.4 Å². The SMILES string of the molecule is CCCCCCCCC(=O)N1CCCC(=O)C1. The van der Waals surface area contributed by atoms with Crippen LogP contribution in [0.5, 0.6) is 0 Å². The van der Waals surface area contributed by atoms with E-state index in [1.54, 1.807) is 4.90 Å². The van der Waals surface area contributed by atoms with E-state index in [-0.39, 0.29) is 11.7 Å². The lowest BCUT2D eigenvalue weighted by atomic mass is 10.1. The molecule has 0 aromatic rings. The molecule has 0 aromatic heterocycles. The van der Waals surface area contributed by atoms with Crippen LogP contribution in [0.4, 0.5) is 0 Å². The Balaban J connectivity index is 2.06. The average Bonchev–Trinajstić information content (AvgIpc) is 2.33. The predicted octanol–water partition coefficient (Wildman–Crippen LogP) is 2.93. The second-order valence-electron chi connectivity index (χ2n) is 4.98. The molecule has 17 heavy (non-hydrogen) atoms. The Morgan fingerprint density at radius 3 is 2.59 bits per heavy atom. The van der Waals surface area contributed by atoms with E-state index >= 15 is 0 Å². The van der Waals surface area contributed by atoms with Gasteiger partial charge in [0.2, 0.25) is 5.91 Å². The Bertz CT molecular complexity index is 251. The molecule has 0 unspecified atom stereocenters. The van der Waals surface area contributed by atoms with Crippen molar-refractivity contribution in [2.24, 2.45) is 0 Å².